The van der Waals surface area contributed by atoms with Gasteiger partial charge in [-0.3, -0.25) is 4.79 Å². The highest BCUT2D eigenvalue weighted by Crippen LogP contribution is 2.39. The normalized spacial score (nSPS) is 19.0. The van der Waals surface area contributed by atoms with Crippen molar-refractivity contribution in [1.82, 2.24) is 10.2 Å². The third-order valence-corrected chi connectivity index (χ3v) is 5.26. The monoisotopic (exact) mass is 471 g/mol. The van der Waals surface area contributed by atoms with Crippen LogP contribution in [0.1, 0.15) is 36.2 Å². The summed E-state index contributed by atoms with van der Waals surface area (Å²) in [7, 11) is 3.36. The van der Waals surface area contributed by atoms with Gasteiger partial charge >= 0.3 is 0 Å². The molecule has 1 aliphatic rings. The molecule has 2 N–H and O–H groups in total. The van der Waals surface area contributed by atoms with Crippen LogP contribution in [0.15, 0.2) is 59.0 Å². The first kappa shape index (κ1) is 26.9. The molecule has 1 heterocycles. The summed E-state index contributed by atoms with van der Waals surface area (Å²) >= 11 is 12.2. The molecule has 0 amide bonds. The summed E-state index contributed by atoms with van der Waals surface area (Å²) in [4.78, 5) is 13.1. The van der Waals surface area contributed by atoms with Crippen LogP contribution < -0.4 is 10.6 Å². The second kappa shape index (κ2) is 12.0. The molecule has 0 aromatic heterocycles. The number of allylic oxidation sites excluding steroid dienone is 2. The Kier molecular flexibility index (Phi) is 10.4. The highest BCUT2D eigenvalue weighted by molar-refractivity contribution is 6.44. The lowest BCUT2D eigenvalue weighted by Gasteiger charge is -2.34. The molecule has 0 radical (unpaired) electrons. The number of nitrogens with one attached hydrogen (secondary N) is 2. The molecular formula is C23H29Cl2F2N3O. The second-order valence-electron chi connectivity index (χ2n) is 6.99. The van der Waals surface area contributed by atoms with Gasteiger partial charge in [0.05, 0.1) is 15.6 Å². The fourth-order valence-electron chi connectivity index (χ4n) is 3.33. The Balaban J connectivity index is 0.00000233. The van der Waals surface area contributed by atoms with Crippen LogP contribution in [0.4, 0.5) is 14.5 Å². The zero-order chi connectivity index (χ0) is 23.8. The van der Waals surface area contributed by atoms with E-state index >= 15 is 0 Å². The molecule has 0 spiro atoms. The van der Waals surface area contributed by atoms with Gasteiger partial charge < -0.3 is 15.5 Å². The Labute approximate surface area is 193 Å². The lowest BCUT2D eigenvalue weighted by molar-refractivity contribution is 0.112. The maximum absolute atomic E-state index is 14.4. The summed E-state index contributed by atoms with van der Waals surface area (Å²) in [5.41, 5.74) is -0.0412. The average Bonchev–Trinajstić information content (AvgIpc) is 3.17. The summed E-state index contributed by atoms with van der Waals surface area (Å²) in [6.45, 7) is 11.9. The van der Waals surface area contributed by atoms with Gasteiger partial charge in [0.15, 0.2) is 6.29 Å². The van der Waals surface area contributed by atoms with Gasteiger partial charge in [-0.25, -0.2) is 8.78 Å². The minimum atomic E-state index is -0.958. The van der Waals surface area contributed by atoms with Crippen molar-refractivity contribution in [3.63, 3.8) is 0 Å². The van der Waals surface area contributed by atoms with Crippen molar-refractivity contribution >= 4 is 41.0 Å². The summed E-state index contributed by atoms with van der Waals surface area (Å²) in [6, 6.07) is 4.62. The molecule has 1 atom stereocenters. The minimum absolute atomic E-state index is 0.00614. The number of rotatable bonds is 8. The van der Waals surface area contributed by atoms with Gasteiger partial charge in [0.2, 0.25) is 0 Å². The number of halogens is 4. The molecule has 0 aliphatic carbocycles. The van der Waals surface area contributed by atoms with E-state index < -0.39 is 17.2 Å². The van der Waals surface area contributed by atoms with Crippen LogP contribution in [0.25, 0.3) is 5.83 Å². The highest BCUT2D eigenvalue weighted by atomic mass is 35.5. The number of benzene rings is 1. The Hall–Kier alpha value is -2.15. The van der Waals surface area contributed by atoms with Crippen molar-refractivity contribution in [3.8, 4) is 0 Å². The van der Waals surface area contributed by atoms with Crippen LogP contribution in [0.2, 0.25) is 0 Å². The van der Waals surface area contributed by atoms with E-state index in [0.717, 1.165) is 0 Å². The molecule has 4 nitrogen and oxygen atoms in total. The molecule has 31 heavy (non-hydrogen) atoms. The van der Waals surface area contributed by atoms with Crippen molar-refractivity contribution in [3.05, 3.63) is 70.1 Å². The number of anilines is 1. The molecule has 1 unspecified atom stereocenters. The lowest BCUT2D eigenvalue weighted by Crippen LogP contribution is -2.43. The SMILES string of the molecule is C=C(Cl)/C(Cl)=C(\C(=C)F)C1(Nc2ccc(/C(F)=C\N(C)C)c(C=O)c2)CCNC1.CC. The number of nitrogens with zero attached hydrogens (tertiary/aromatic N) is 1. The maximum Gasteiger partial charge on any atom is 0.150 e. The first-order valence-electron chi connectivity index (χ1n) is 9.83. The number of hydrogen-bond acceptors (Lipinski definition) is 4. The van der Waals surface area contributed by atoms with Crippen molar-refractivity contribution in [2.24, 2.45) is 0 Å². The summed E-state index contributed by atoms with van der Waals surface area (Å²) < 4.78 is 28.8. The number of aldehydes is 1. The molecule has 170 valence electrons. The fraction of sp³-hybridized carbons (Fsp3) is 0.348. The molecule has 8 heteroatoms. The molecule has 0 bridgehead atoms. The Morgan fingerprint density at radius 1 is 1.26 bits per heavy atom. The predicted octanol–water partition coefficient (Wildman–Crippen LogP) is 6.23. The van der Waals surface area contributed by atoms with E-state index in [1.807, 2.05) is 13.8 Å². The van der Waals surface area contributed by atoms with Crippen LogP contribution in [0.3, 0.4) is 0 Å². The van der Waals surface area contributed by atoms with E-state index in [0.29, 0.717) is 31.5 Å². The average molecular weight is 472 g/mol. The number of hydrogen-bond donors (Lipinski definition) is 2. The molecule has 0 saturated carbocycles. The van der Waals surface area contributed by atoms with Gasteiger partial charge in [-0.15, -0.1) is 0 Å². The lowest BCUT2D eigenvalue weighted by atomic mass is 9.86. The zero-order valence-corrected chi connectivity index (χ0v) is 19.8. The fourth-order valence-corrected chi connectivity index (χ4v) is 3.70. The Morgan fingerprint density at radius 2 is 1.90 bits per heavy atom. The molecule has 2 rings (SSSR count). The largest absolute Gasteiger partial charge is 0.381 e. The molecule has 1 aliphatic heterocycles. The van der Waals surface area contributed by atoms with Gasteiger partial charge in [-0.1, -0.05) is 50.2 Å². The van der Waals surface area contributed by atoms with E-state index in [1.165, 1.54) is 18.3 Å². The highest BCUT2D eigenvalue weighted by Gasteiger charge is 2.41. The topological polar surface area (TPSA) is 44.4 Å². The van der Waals surface area contributed by atoms with Crippen LogP contribution in [0.5, 0.6) is 0 Å². The van der Waals surface area contributed by atoms with Gasteiger partial charge in [-0.05, 0) is 31.2 Å². The maximum atomic E-state index is 14.4. The Bertz CT molecular complexity index is 889. The van der Waals surface area contributed by atoms with Gasteiger partial charge in [0.1, 0.15) is 11.7 Å². The molecule has 1 saturated heterocycles. The van der Waals surface area contributed by atoms with Gasteiger partial charge in [0, 0.05) is 49.2 Å². The third kappa shape index (κ3) is 6.66. The predicted molar refractivity (Wildman–Crippen MR) is 128 cm³/mol. The molecule has 1 aromatic rings. The van der Waals surface area contributed by atoms with Crippen LogP contribution in [-0.2, 0) is 0 Å². The van der Waals surface area contributed by atoms with Crippen molar-refractivity contribution in [1.29, 1.82) is 0 Å². The molecular weight excluding hydrogens is 443 g/mol. The quantitative estimate of drug-likeness (QED) is 0.348. The summed E-state index contributed by atoms with van der Waals surface area (Å²) in [6.07, 6.45) is 2.33. The van der Waals surface area contributed by atoms with Crippen molar-refractivity contribution < 1.29 is 13.6 Å². The zero-order valence-electron chi connectivity index (χ0n) is 18.3. The van der Waals surface area contributed by atoms with Crippen LogP contribution in [0, 0.1) is 0 Å². The third-order valence-electron chi connectivity index (χ3n) is 4.55. The van der Waals surface area contributed by atoms with Crippen molar-refractivity contribution in [2.45, 2.75) is 25.8 Å². The first-order valence-corrected chi connectivity index (χ1v) is 10.6. The number of carbonyl (C=O) groups is 1. The summed E-state index contributed by atoms with van der Waals surface area (Å²) in [5, 5.41) is 6.37. The number of carbonyl (C=O) groups excluding carboxylic acids is 1. The molecule has 1 aromatic carbocycles. The molecule has 1 fully saturated rings. The van der Waals surface area contributed by atoms with E-state index in [1.54, 1.807) is 25.1 Å². The first-order chi connectivity index (χ1) is 14.6. The minimum Gasteiger partial charge on any atom is -0.381 e. The van der Waals surface area contributed by atoms with E-state index in [9.17, 15) is 13.6 Å². The summed E-state index contributed by atoms with van der Waals surface area (Å²) in [5.74, 6) is -1.28. The smallest absolute Gasteiger partial charge is 0.150 e. The Morgan fingerprint density at radius 3 is 2.35 bits per heavy atom. The van der Waals surface area contributed by atoms with Gasteiger partial charge in [-0.2, -0.15) is 0 Å². The van der Waals surface area contributed by atoms with E-state index in [4.69, 9.17) is 23.2 Å². The van der Waals surface area contributed by atoms with Gasteiger partial charge in [0.25, 0.3) is 0 Å². The van der Waals surface area contributed by atoms with Crippen LogP contribution in [-0.4, -0.2) is 43.9 Å². The van der Waals surface area contributed by atoms with E-state index in [2.05, 4.69) is 23.8 Å². The second-order valence-corrected chi connectivity index (χ2v) is 7.83. The van der Waals surface area contributed by atoms with Crippen LogP contribution >= 0.6 is 23.2 Å². The standard InChI is InChI=1S/C21H23Cl2F2N3O.C2H6/c1-13(22)20(23)19(14(2)24)21(7-8-26-12-21)27-16-5-6-17(15(9-16)11-29)18(25)10-28(3)4;1-2/h5-6,9-11,26-27H,1-2,7-8,12H2,3-4H3;1-2H3/b18-10+,20-19-;. The van der Waals surface area contributed by atoms with E-state index in [-0.39, 0.29) is 26.8 Å². The van der Waals surface area contributed by atoms with Crippen molar-refractivity contribution in [2.75, 3.05) is 32.5 Å².